The van der Waals surface area contributed by atoms with Crippen molar-refractivity contribution in [3.05, 3.63) is 82.9 Å². The molecule has 1 aromatic heterocycles. The molecule has 0 bridgehead atoms. The fourth-order valence-corrected chi connectivity index (χ4v) is 3.85. The highest BCUT2D eigenvalue weighted by atomic mass is 19.1. The van der Waals surface area contributed by atoms with Gasteiger partial charge in [0.1, 0.15) is 11.5 Å². The molecule has 1 fully saturated rings. The molecule has 160 valence electrons. The van der Waals surface area contributed by atoms with E-state index in [1.807, 2.05) is 18.2 Å². The van der Waals surface area contributed by atoms with Crippen molar-refractivity contribution in [2.45, 2.75) is 25.9 Å². The van der Waals surface area contributed by atoms with E-state index in [0.717, 1.165) is 26.1 Å². The number of aromatic amines is 1. The molecule has 2 aromatic carbocycles. The van der Waals surface area contributed by atoms with Gasteiger partial charge in [0.25, 0.3) is 11.8 Å². The minimum atomic E-state index is -0.624. The molecular weight excluding hydrogens is 397 g/mol. The van der Waals surface area contributed by atoms with E-state index in [9.17, 15) is 14.0 Å². The van der Waals surface area contributed by atoms with Crippen LogP contribution in [0.3, 0.4) is 0 Å². The monoisotopic (exact) mass is 421 g/mol. The second-order valence-corrected chi connectivity index (χ2v) is 7.72. The number of aryl methyl sites for hydroxylation is 1. The topological polar surface area (TPSA) is 90.1 Å². The number of nitrogens with one attached hydrogen (secondary N) is 3. The number of nitrogens with zero attached hydrogens (tertiary/aromatic N) is 2. The maximum atomic E-state index is 14.1. The normalized spacial score (nSPS) is 16.3. The van der Waals surface area contributed by atoms with Crippen LogP contribution < -0.4 is 10.6 Å². The van der Waals surface area contributed by atoms with Gasteiger partial charge in [-0.1, -0.05) is 42.5 Å². The molecule has 4 rings (SSSR count). The minimum Gasteiger partial charge on any atom is -0.347 e. The highest BCUT2D eigenvalue weighted by Crippen LogP contribution is 2.19. The molecule has 1 saturated heterocycles. The van der Waals surface area contributed by atoms with Crippen LogP contribution >= 0.6 is 0 Å². The van der Waals surface area contributed by atoms with Crippen LogP contribution in [0.5, 0.6) is 0 Å². The van der Waals surface area contributed by atoms with Gasteiger partial charge in [-0.2, -0.15) is 5.10 Å². The Balaban J connectivity index is 1.37. The first-order chi connectivity index (χ1) is 15.0. The van der Waals surface area contributed by atoms with Gasteiger partial charge in [0, 0.05) is 25.7 Å². The van der Waals surface area contributed by atoms with Gasteiger partial charge in [0.2, 0.25) is 0 Å². The standard InChI is InChI=1S/C23H24FN5O2/c1-15-6-5-9-18(24)20(15)22(30)27-19-12-25-28-21(19)23(31)26-17-10-11-29(14-17)13-16-7-3-2-4-8-16/h2-9,12,17H,10-11,13-14H2,1H3,(H,25,28)(H,26,31)(H,27,30). The van der Waals surface area contributed by atoms with Crippen LogP contribution in [-0.4, -0.2) is 46.0 Å². The van der Waals surface area contributed by atoms with E-state index in [2.05, 4.69) is 37.9 Å². The molecule has 8 heteroatoms. The van der Waals surface area contributed by atoms with Crippen LogP contribution in [0.2, 0.25) is 0 Å². The summed E-state index contributed by atoms with van der Waals surface area (Å²) in [6.07, 6.45) is 2.18. The predicted molar refractivity (Wildman–Crippen MR) is 115 cm³/mol. The molecule has 3 N–H and O–H groups in total. The average molecular weight is 421 g/mol. The molecule has 0 spiro atoms. The molecule has 1 atom stereocenters. The number of benzene rings is 2. The Morgan fingerprint density at radius 2 is 1.97 bits per heavy atom. The second kappa shape index (κ2) is 9.09. The number of rotatable bonds is 6. The summed E-state index contributed by atoms with van der Waals surface area (Å²) in [6, 6.07) is 14.6. The van der Waals surface area contributed by atoms with Crippen molar-refractivity contribution in [3.63, 3.8) is 0 Å². The summed E-state index contributed by atoms with van der Waals surface area (Å²) in [6.45, 7) is 4.12. The van der Waals surface area contributed by atoms with E-state index in [1.54, 1.807) is 19.1 Å². The second-order valence-electron chi connectivity index (χ2n) is 7.72. The number of anilines is 1. The third-order valence-electron chi connectivity index (χ3n) is 5.42. The summed E-state index contributed by atoms with van der Waals surface area (Å²) >= 11 is 0. The van der Waals surface area contributed by atoms with Crippen LogP contribution in [0.25, 0.3) is 0 Å². The van der Waals surface area contributed by atoms with Crippen molar-refractivity contribution >= 4 is 17.5 Å². The first-order valence-electron chi connectivity index (χ1n) is 10.2. The summed E-state index contributed by atoms with van der Waals surface area (Å²) in [7, 11) is 0. The number of amides is 2. The van der Waals surface area contributed by atoms with Gasteiger partial charge in [-0.15, -0.1) is 0 Å². The van der Waals surface area contributed by atoms with E-state index < -0.39 is 11.7 Å². The number of carbonyl (C=O) groups excluding carboxylic acids is 2. The molecule has 2 amide bonds. The van der Waals surface area contributed by atoms with Crippen LogP contribution in [-0.2, 0) is 6.54 Å². The molecule has 1 aliphatic heterocycles. The summed E-state index contributed by atoms with van der Waals surface area (Å²) < 4.78 is 14.1. The van der Waals surface area contributed by atoms with E-state index in [-0.39, 0.29) is 28.9 Å². The molecule has 0 saturated carbocycles. The number of likely N-dealkylation sites (tertiary alicyclic amines) is 1. The zero-order valence-corrected chi connectivity index (χ0v) is 17.2. The Bertz CT molecular complexity index is 1060. The largest absolute Gasteiger partial charge is 0.347 e. The lowest BCUT2D eigenvalue weighted by Gasteiger charge is -2.17. The first-order valence-corrected chi connectivity index (χ1v) is 10.2. The highest BCUT2D eigenvalue weighted by Gasteiger charge is 2.26. The molecule has 0 radical (unpaired) electrons. The van der Waals surface area contributed by atoms with Crippen LogP contribution in [0.4, 0.5) is 10.1 Å². The highest BCUT2D eigenvalue weighted by molar-refractivity contribution is 6.09. The smallest absolute Gasteiger partial charge is 0.271 e. The summed E-state index contributed by atoms with van der Waals surface area (Å²) in [5, 5.41) is 12.1. The zero-order valence-electron chi connectivity index (χ0n) is 17.2. The van der Waals surface area contributed by atoms with Gasteiger partial charge in [0.05, 0.1) is 17.4 Å². The third kappa shape index (κ3) is 4.80. The molecule has 7 nitrogen and oxygen atoms in total. The van der Waals surface area contributed by atoms with E-state index in [4.69, 9.17) is 0 Å². The average Bonchev–Trinajstić information content (AvgIpc) is 3.38. The molecular formula is C23H24FN5O2. The Labute approximate surface area is 179 Å². The molecule has 0 aliphatic carbocycles. The third-order valence-corrected chi connectivity index (χ3v) is 5.42. The molecule has 1 aliphatic rings. The Morgan fingerprint density at radius 1 is 1.16 bits per heavy atom. The van der Waals surface area contributed by atoms with Crippen LogP contribution in [0, 0.1) is 12.7 Å². The number of carbonyl (C=O) groups is 2. The Morgan fingerprint density at radius 3 is 2.74 bits per heavy atom. The number of hydrogen-bond acceptors (Lipinski definition) is 4. The molecule has 31 heavy (non-hydrogen) atoms. The number of halogens is 1. The fraction of sp³-hybridized carbons (Fsp3) is 0.261. The van der Waals surface area contributed by atoms with Crippen LogP contribution in [0.15, 0.2) is 54.7 Å². The number of aromatic nitrogens is 2. The van der Waals surface area contributed by atoms with E-state index >= 15 is 0 Å². The van der Waals surface area contributed by atoms with E-state index in [1.165, 1.54) is 17.8 Å². The van der Waals surface area contributed by atoms with Crippen molar-refractivity contribution in [1.29, 1.82) is 0 Å². The zero-order chi connectivity index (χ0) is 21.8. The first kappa shape index (κ1) is 20.7. The molecule has 1 unspecified atom stereocenters. The van der Waals surface area contributed by atoms with Gasteiger partial charge in [-0.3, -0.25) is 19.6 Å². The van der Waals surface area contributed by atoms with Gasteiger partial charge in [0.15, 0.2) is 0 Å². The van der Waals surface area contributed by atoms with Crippen molar-refractivity contribution in [2.24, 2.45) is 0 Å². The summed E-state index contributed by atoms with van der Waals surface area (Å²) in [5.74, 6) is -1.60. The Kier molecular flexibility index (Phi) is 6.08. The lowest BCUT2D eigenvalue weighted by atomic mass is 10.1. The maximum absolute atomic E-state index is 14.1. The summed E-state index contributed by atoms with van der Waals surface area (Å²) in [5.41, 5.74) is 2.04. The van der Waals surface area contributed by atoms with E-state index in [0.29, 0.717) is 5.56 Å². The SMILES string of the molecule is Cc1cccc(F)c1C(=O)Nc1cn[nH]c1C(=O)NC1CCN(Cc2ccccc2)C1. The number of H-pyrrole nitrogens is 1. The number of hydrogen-bond donors (Lipinski definition) is 3. The van der Waals surface area contributed by atoms with Crippen molar-refractivity contribution in [3.8, 4) is 0 Å². The van der Waals surface area contributed by atoms with Crippen molar-refractivity contribution in [1.82, 2.24) is 20.4 Å². The van der Waals surface area contributed by atoms with Crippen LogP contribution in [0.1, 0.15) is 38.4 Å². The lowest BCUT2D eigenvalue weighted by Crippen LogP contribution is -2.37. The molecule has 2 heterocycles. The Hall–Kier alpha value is -3.52. The van der Waals surface area contributed by atoms with Gasteiger partial charge >= 0.3 is 0 Å². The predicted octanol–water partition coefficient (Wildman–Crippen LogP) is 3.11. The maximum Gasteiger partial charge on any atom is 0.271 e. The quantitative estimate of drug-likeness (QED) is 0.571. The molecule has 3 aromatic rings. The van der Waals surface area contributed by atoms with Crippen molar-refractivity contribution < 1.29 is 14.0 Å². The van der Waals surface area contributed by atoms with Gasteiger partial charge in [-0.05, 0) is 30.5 Å². The van der Waals surface area contributed by atoms with Gasteiger partial charge < -0.3 is 10.6 Å². The summed E-state index contributed by atoms with van der Waals surface area (Å²) in [4.78, 5) is 27.6. The fourth-order valence-electron chi connectivity index (χ4n) is 3.85. The minimum absolute atomic E-state index is 0.00289. The lowest BCUT2D eigenvalue weighted by molar-refractivity contribution is 0.0933. The van der Waals surface area contributed by atoms with Gasteiger partial charge in [-0.25, -0.2) is 4.39 Å². The van der Waals surface area contributed by atoms with Crippen molar-refractivity contribution in [2.75, 3.05) is 18.4 Å².